The van der Waals surface area contributed by atoms with Crippen LogP contribution in [0.25, 0.3) is 0 Å². The van der Waals surface area contributed by atoms with Crippen molar-refractivity contribution in [3.8, 4) is 0 Å². The predicted molar refractivity (Wildman–Crippen MR) is 122 cm³/mol. The Labute approximate surface area is 198 Å². The number of aliphatic hydroxyl groups is 1. The van der Waals surface area contributed by atoms with Gasteiger partial charge in [-0.05, 0) is 18.4 Å². The average molecular weight is 467 g/mol. The minimum Gasteiger partial charge on any atom is -0.465 e. The van der Waals surface area contributed by atoms with Crippen molar-refractivity contribution in [3.05, 3.63) is 60.2 Å². The molecule has 2 saturated heterocycles. The molecule has 8 heteroatoms. The number of fused-ring (bicyclic) bond motifs is 2. The summed E-state index contributed by atoms with van der Waals surface area (Å²) in [6.07, 6.45) is 7.76. The third kappa shape index (κ3) is 3.47. The van der Waals surface area contributed by atoms with E-state index in [4.69, 9.17) is 9.47 Å². The molecular weight excluding hydrogens is 436 g/mol. The smallest absolute Gasteiger partial charge is 0.312 e. The number of amides is 2. The Balaban J connectivity index is 1.59. The van der Waals surface area contributed by atoms with Crippen LogP contribution in [0.1, 0.15) is 25.3 Å². The molecule has 4 heterocycles. The van der Waals surface area contributed by atoms with E-state index in [1.54, 1.807) is 11.0 Å². The number of esters is 1. The minimum absolute atomic E-state index is 0.244. The maximum absolute atomic E-state index is 14.1. The van der Waals surface area contributed by atoms with Crippen molar-refractivity contribution in [2.45, 2.75) is 50.1 Å². The Bertz CT molecular complexity index is 1020. The number of benzene rings is 1. The largest absolute Gasteiger partial charge is 0.465 e. The zero-order valence-corrected chi connectivity index (χ0v) is 19.2. The lowest BCUT2D eigenvalue weighted by Crippen LogP contribution is -2.57. The van der Waals surface area contributed by atoms with Gasteiger partial charge in [0.1, 0.15) is 17.6 Å². The number of carbonyl (C=O) groups is 3. The molecule has 0 radical (unpaired) electrons. The molecule has 4 aliphatic rings. The van der Waals surface area contributed by atoms with Gasteiger partial charge in [0.2, 0.25) is 11.8 Å². The van der Waals surface area contributed by atoms with Crippen molar-refractivity contribution in [2.24, 2.45) is 11.8 Å². The van der Waals surface area contributed by atoms with Gasteiger partial charge in [-0.2, -0.15) is 0 Å². The summed E-state index contributed by atoms with van der Waals surface area (Å²) in [7, 11) is 0. The summed E-state index contributed by atoms with van der Waals surface area (Å²) in [6.45, 7) is 2.57. The van der Waals surface area contributed by atoms with Crippen LogP contribution >= 0.6 is 0 Å². The Hall–Kier alpha value is -2.97. The van der Waals surface area contributed by atoms with E-state index >= 15 is 0 Å². The zero-order chi connectivity index (χ0) is 23.9. The summed E-state index contributed by atoms with van der Waals surface area (Å²) in [4.78, 5) is 44.2. The zero-order valence-electron chi connectivity index (χ0n) is 19.2. The third-order valence-electron chi connectivity index (χ3n) is 7.43. The molecule has 0 bridgehead atoms. The fourth-order valence-electron chi connectivity index (χ4n) is 5.85. The summed E-state index contributed by atoms with van der Waals surface area (Å²) in [5.41, 5.74) is -0.326. The molecule has 2 fully saturated rings. The van der Waals surface area contributed by atoms with Crippen molar-refractivity contribution in [1.82, 2.24) is 9.80 Å². The van der Waals surface area contributed by atoms with Crippen LogP contribution in [0.2, 0.25) is 0 Å². The highest BCUT2D eigenvalue weighted by Gasteiger charge is 2.72. The fraction of sp³-hybridized carbons (Fsp3) is 0.500. The van der Waals surface area contributed by atoms with Crippen LogP contribution in [0.15, 0.2) is 54.6 Å². The number of likely N-dealkylation sites (tertiary alicyclic amines) is 1. The van der Waals surface area contributed by atoms with Gasteiger partial charge in [-0.15, -0.1) is 0 Å². The number of nitrogens with zero attached hydrogens (tertiary/aromatic N) is 2. The van der Waals surface area contributed by atoms with Crippen LogP contribution in [0.4, 0.5) is 0 Å². The van der Waals surface area contributed by atoms with E-state index in [-0.39, 0.29) is 25.0 Å². The molecule has 1 spiro atoms. The highest BCUT2D eigenvalue weighted by atomic mass is 16.6. The Morgan fingerprint density at radius 1 is 1.15 bits per heavy atom. The van der Waals surface area contributed by atoms with Crippen LogP contribution in [0.5, 0.6) is 0 Å². The number of cyclic esters (lactones) is 1. The lowest BCUT2D eigenvalue weighted by Gasteiger charge is -2.38. The number of aliphatic hydroxyl groups excluding tert-OH is 1. The first kappa shape index (κ1) is 22.8. The van der Waals surface area contributed by atoms with E-state index < -0.39 is 41.6 Å². The van der Waals surface area contributed by atoms with Gasteiger partial charge in [0.25, 0.3) is 0 Å². The van der Waals surface area contributed by atoms with Crippen LogP contribution in [0, 0.1) is 11.8 Å². The fourth-order valence-corrected chi connectivity index (χ4v) is 5.85. The molecule has 180 valence electrons. The maximum Gasteiger partial charge on any atom is 0.312 e. The molecule has 0 aromatic heterocycles. The van der Waals surface area contributed by atoms with E-state index in [0.29, 0.717) is 25.9 Å². The Morgan fingerprint density at radius 3 is 2.68 bits per heavy atom. The summed E-state index contributed by atoms with van der Waals surface area (Å²) in [5, 5.41) is 10.1. The van der Waals surface area contributed by atoms with Crippen molar-refractivity contribution in [2.75, 3.05) is 19.8 Å². The highest BCUT2D eigenvalue weighted by Crippen LogP contribution is 2.53. The molecule has 5 rings (SSSR count). The molecular formula is C26H30N2O6. The highest BCUT2D eigenvalue weighted by molar-refractivity contribution is 5.99. The molecule has 1 unspecified atom stereocenters. The second kappa shape index (κ2) is 9.00. The van der Waals surface area contributed by atoms with E-state index in [9.17, 15) is 19.5 Å². The molecule has 8 nitrogen and oxygen atoms in total. The normalized spacial score (nSPS) is 33.5. The first-order valence-electron chi connectivity index (χ1n) is 12.0. The van der Waals surface area contributed by atoms with Crippen LogP contribution in [0.3, 0.4) is 0 Å². The first-order valence-corrected chi connectivity index (χ1v) is 12.0. The molecule has 34 heavy (non-hydrogen) atoms. The third-order valence-corrected chi connectivity index (χ3v) is 7.43. The summed E-state index contributed by atoms with van der Waals surface area (Å²) in [5.74, 6) is -2.80. The van der Waals surface area contributed by atoms with Crippen molar-refractivity contribution >= 4 is 17.8 Å². The number of hydrogen-bond acceptors (Lipinski definition) is 6. The second-order valence-corrected chi connectivity index (χ2v) is 9.32. The molecule has 0 saturated carbocycles. The van der Waals surface area contributed by atoms with Gasteiger partial charge in [0.15, 0.2) is 0 Å². The molecule has 0 aliphatic carbocycles. The van der Waals surface area contributed by atoms with E-state index in [1.807, 2.05) is 55.5 Å². The number of rotatable bonds is 5. The summed E-state index contributed by atoms with van der Waals surface area (Å²) in [6, 6.07) is 8.14. The molecule has 1 aromatic rings. The van der Waals surface area contributed by atoms with Gasteiger partial charge in [-0.3, -0.25) is 14.4 Å². The van der Waals surface area contributed by atoms with Gasteiger partial charge >= 0.3 is 5.97 Å². The minimum atomic E-state index is -1.30. The first-order chi connectivity index (χ1) is 16.5. The van der Waals surface area contributed by atoms with Crippen molar-refractivity contribution in [1.29, 1.82) is 0 Å². The average Bonchev–Trinajstić information content (AvgIpc) is 3.22. The SMILES string of the molecule is CC[C@@H](CO)N1C(=O)[C@@H]2[C@@H]3C(=O)OCCC=C[C@@H]3O[C@@]23C=CCN(Cc2ccccc2)C(=O)C13. The van der Waals surface area contributed by atoms with E-state index in [0.717, 1.165) is 5.56 Å². The molecule has 2 amide bonds. The Kier molecular flexibility index (Phi) is 6.04. The summed E-state index contributed by atoms with van der Waals surface area (Å²) >= 11 is 0. The van der Waals surface area contributed by atoms with Gasteiger partial charge in [0, 0.05) is 13.1 Å². The van der Waals surface area contributed by atoms with Gasteiger partial charge in [-0.25, -0.2) is 0 Å². The molecule has 1 N–H and O–H groups in total. The van der Waals surface area contributed by atoms with Crippen LogP contribution < -0.4 is 0 Å². The monoisotopic (exact) mass is 466 g/mol. The summed E-state index contributed by atoms with van der Waals surface area (Å²) < 4.78 is 11.9. The predicted octanol–water partition coefficient (Wildman–Crippen LogP) is 1.44. The number of hydrogen-bond donors (Lipinski definition) is 1. The van der Waals surface area contributed by atoms with E-state index in [1.165, 1.54) is 4.90 Å². The maximum atomic E-state index is 14.1. The number of ether oxygens (including phenoxy) is 2. The number of carbonyl (C=O) groups excluding carboxylic acids is 3. The second-order valence-electron chi connectivity index (χ2n) is 9.32. The van der Waals surface area contributed by atoms with E-state index in [2.05, 4.69) is 0 Å². The molecule has 1 aromatic carbocycles. The van der Waals surface area contributed by atoms with Gasteiger partial charge < -0.3 is 24.4 Å². The van der Waals surface area contributed by atoms with Crippen molar-refractivity contribution in [3.63, 3.8) is 0 Å². The van der Waals surface area contributed by atoms with Crippen molar-refractivity contribution < 1.29 is 29.0 Å². The topological polar surface area (TPSA) is 96.4 Å². The molecule has 6 atom stereocenters. The lowest BCUT2D eigenvalue weighted by molar-refractivity contribution is -0.156. The lowest BCUT2D eigenvalue weighted by atomic mass is 9.77. The molecule has 4 aliphatic heterocycles. The quantitative estimate of drug-likeness (QED) is 0.521. The van der Waals surface area contributed by atoms with Gasteiger partial charge in [-0.1, -0.05) is 61.6 Å². The standard InChI is InChI=1S/C26H30N2O6/c1-2-18(16-29)28-22-24(31)27(15-17-9-4-3-5-10-17)13-8-12-26(22)21(23(28)30)20-19(34-26)11-6-7-14-33-25(20)32/h3-6,8-12,18-22,29H,2,7,13-16H2,1H3/t18-,19-,20+,21-,22?,26-/m0/s1. The van der Waals surface area contributed by atoms with Gasteiger partial charge in [0.05, 0.1) is 31.3 Å². The Morgan fingerprint density at radius 2 is 1.94 bits per heavy atom. The van der Waals surface area contributed by atoms with Crippen LogP contribution in [-0.2, 0) is 30.4 Å². The van der Waals surface area contributed by atoms with Crippen LogP contribution in [-0.4, -0.2) is 76.2 Å².